The van der Waals surface area contributed by atoms with E-state index in [1.807, 2.05) is 6.08 Å². The van der Waals surface area contributed by atoms with Gasteiger partial charge in [0.2, 0.25) is 0 Å². The molecule has 0 radical (unpaired) electrons. The minimum Gasteiger partial charge on any atom is -0.427 e. The molecule has 0 unspecified atom stereocenters. The third kappa shape index (κ3) is 20.0. The van der Waals surface area contributed by atoms with Crippen molar-refractivity contribution in [2.75, 3.05) is 0 Å². The van der Waals surface area contributed by atoms with Crippen LogP contribution in [0.4, 0.5) is 0 Å². The monoisotopic (exact) mass is 536 g/mol. The molecule has 1 rings (SSSR count). The Morgan fingerprint density at radius 1 is 0.676 bits per heavy atom. The van der Waals surface area contributed by atoms with Crippen LogP contribution >= 0.6 is 0 Å². The molecule has 0 fully saturated rings. The van der Waals surface area contributed by atoms with Crippen molar-refractivity contribution in [3.8, 4) is 5.75 Å². The van der Waals surface area contributed by atoms with Crippen LogP contribution < -0.4 is 4.74 Å². The topological polar surface area (TPSA) is 80.7 Å². The van der Waals surface area contributed by atoms with Crippen molar-refractivity contribution in [2.45, 2.75) is 147 Å². The second kappa shape index (κ2) is 22.3. The predicted molar refractivity (Wildman–Crippen MR) is 154 cm³/mol. The van der Waals surface area contributed by atoms with Crippen LogP contribution in [0.5, 0.6) is 5.75 Å². The number of carbonyl (C=O) groups excluding carboxylic acids is 1. The number of carbonyl (C=O) groups is 1. The summed E-state index contributed by atoms with van der Waals surface area (Å²) < 4.78 is 36.2. The van der Waals surface area contributed by atoms with Crippen LogP contribution in [0.2, 0.25) is 0 Å². The first kappa shape index (κ1) is 33.4. The highest BCUT2D eigenvalue weighted by Crippen LogP contribution is 2.17. The zero-order valence-corrected chi connectivity index (χ0v) is 24.1. The van der Waals surface area contributed by atoms with E-state index >= 15 is 0 Å². The zero-order valence-electron chi connectivity index (χ0n) is 23.3. The largest absolute Gasteiger partial charge is 0.427 e. The van der Waals surface area contributed by atoms with Gasteiger partial charge in [-0.25, -0.2) is 0 Å². The number of benzene rings is 1. The first-order chi connectivity index (χ1) is 17.9. The Morgan fingerprint density at radius 3 is 1.51 bits per heavy atom. The molecule has 0 atom stereocenters. The van der Waals surface area contributed by atoms with Crippen molar-refractivity contribution in [1.82, 2.24) is 0 Å². The molecule has 0 aromatic heterocycles. The summed E-state index contributed by atoms with van der Waals surface area (Å²) in [6, 6.07) is 5.12. The minimum absolute atomic E-state index is 0.227. The van der Waals surface area contributed by atoms with Crippen LogP contribution in [0.3, 0.4) is 0 Å². The van der Waals surface area contributed by atoms with Crippen LogP contribution in [0.1, 0.15) is 142 Å². The van der Waals surface area contributed by atoms with Gasteiger partial charge in [-0.2, -0.15) is 8.42 Å². The average Bonchev–Trinajstić information content (AvgIpc) is 2.87. The highest BCUT2D eigenvalue weighted by atomic mass is 32.2. The van der Waals surface area contributed by atoms with Crippen LogP contribution in [0.15, 0.2) is 41.3 Å². The van der Waals surface area contributed by atoms with Crippen LogP contribution in [0, 0.1) is 0 Å². The number of ether oxygens (including phenoxy) is 1. The Bertz CT molecular complexity index is 815. The van der Waals surface area contributed by atoms with E-state index < -0.39 is 10.1 Å². The SMILES string of the molecule is CCCCCCCCCCCCCCCCCCCCC=CCCC(=O)Oc1ccc(S(=O)(=O)O)cc1. The third-order valence-corrected chi connectivity index (χ3v) is 7.63. The fourth-order valence-corrected chi connectivity index (χ4v) is 4.94. The van der Waals surface area contributed by atoms with Gasteiger partial charge in [0.15, 0.2) is 0 Å². The van der Waals surface area contributed by atoms with Gasteiger partial charge in [0.05, 0.1) is 4.90 Å². The Labute approximate surface area is 227 Å². The van der Waals surface area contributed by atoms with Crippen molar-refractivity contribution in [1.29, 1.82) is 0 Å². The Morgan fingerprint density at radius 2 is 1.08 bits per heavy atom. The highest BCUT2D eigenvalue weighted by Gasteiger charge is 2.10. The molecule has 0 spiro atoms. The average molecular weight is 537 g/mol. The van der Waals surface area contributed by atoms with Crippen molar-refractivity contribution in [3.63, 3.8) is 0 Å². The molecule has 0 heterocycles. The quantitative estimate of drug-likeness (QED) is 0.0467. The lowest BCUT2D eigenvalue weighted by Crippen LogP contribution is -2.07. The van der Waals surface area contributed by atoms with Gasteiger partial charge in [0.25, 0.3) is 10.1 Å². The summed E-state index contributed by atoms with van der Waals surface area (Å²) in [6.07, 6.45) is 31.0. The first-order valence-electron chi connectivity index (χ1n) is 14.9. The molecule has 212 valence electrons. The fourth-order valence-electron chi connectivity index (χ4n) is 4.46. The molecular formula is C31H52O5S. The van der Waals surface area contributed by atoms with Gasteiger partial charge in [-0.3, -0.25) is 9.35 Å². The first-order valence-corrected chi connectivity index (χ1v) is 16.3. The molecule has 1 aromatic carbocycles. The summed E-state index contributed by atoms with van der Waals surface area (Å²) >= 11 is 0. The molecule has 1 aromatic rings. The van der Waals surface area contributed by atoms with E-state index in [0.717, 1.165) is 6.42 Å². The van der Waals surface area contributed by atoms with Crippen molar-refractivity contribution in [2.24, 2.45) is 0 Å². The molecular weight excluding hydrogens is 484 g/mol. The second-order valence-electron chi connectivity index (χ2n) is 10.2. The molecule has 1 N–H and O–H groups in total. The Hall–Kier alpha value is -1.66. The number of esters is 1. The molecule has 0 bridgehead atoms. The lowest BCUT2D eigenvalue weighted by molar-refractivity contribution is -0.134. The molecule has 0 saturated carbocycles. The molecule has 37 heavy (non-hydrogen) atoms. The fraction of sp³-hybridized carbons (Fsp3) is 0.710. The number of hydrogen-bond donors (Lipinski definition) is 1. The molecule has 6 heteroatoms. The molecule has 0 aliphatic rings. The number of hydrogen-bond acceptors (Lipinski definition) is 4. The van der Waals surface area contributed by atoms with Crippen LogP contribution in [-0.4, -0.2) is 18.9 Å². The van der Waals surface area contributed by atoms with E-state index in [9.17, 15) is 13.2 Å². The summed E-state index contributed by atoms with van der Waals surface area (Å²) in [6.45, 7) is 2.28. The molecule has 5 nitrogen and oxygen atoms in total. The Balaban J connectivity index is 1.84. The van der Waals surface area contributed by atoms with E-state index in [1.165, 1.54) is 140 Å². The maximum absolute atomic E-state index is 11.9. The van der Waals surface area contributed by atoms with Gasteiger partial charge < -0.3 is 4.74 Å². The molecule has 0 amide bonds. The predicted octanol–water partition coefficient (Wildman–Crippen LogP) is 9.61. The maximum Gasteiger partial charge on any atom is 0.311 e. The second-order valence-corrected chi connectivity index (χ2v) is 11.7. The summed E-state index contributed by atoms with van der Waals surface area (Å²) in [5.74, 6) is -0.0994. The maximum atomic E-state index is 11.9. The van der Waals surface area contributed by atoms with Gasteiger partial charge in [-0.1, -0.05) is 128 Å². The lowest BCUT2D eigenvalue weighted by atomic mass is 10.0. The Kier molecular flexibility index (Phi) is 20.1. The van der Waals surface area contributed by atoms with E-state index in [-0.39, 0.29) is 23.0 Å². The van der Waals surface area contributed by atoms with Crippen molar-refractivity contribution >= 4 is 16.1 Å². The number of rotatable bonds is 24. The molecule has 0 aliphatic heterocycles. The summed E-state index contributed by atoms with van der Waals surface area (Å²) in [5, 5.41) is 0. The third-order valence-electron chi connectivity index (χ3n) is 6.76. The molecule has 0 saturated heterocycles. The molecule has 0 aliphatic carbocycles. The minimum atomic E-state index is -4.24. The van der Waals surface area contributed by atoms with Gasteiger partial charge in [-0.15, -0.1) is 0 Å². The summed E-state index contributed by atoms with van der Waals surface area (Å²) in [4.78, 5) is 11.7. The van der Waals surface area contributed by atoms with Gasteiger partial charge in [0, 0.05) is 6.42 Å². The van der Waals surface area contributed by atoms with E-state index in [1.54, 1.807) is 0 Å². The van der Waals surface area contributed by atoms with Crippen molar-refractivity contribution < 1.29 is 22.5 Å². The summed E-state index contributed by atoms with van der Waals surface area (Å²) in [5.41, 5.74) is 0. The smallest absolute Gasteiger partial charge is 0.311 e. The van der Waals surface area contributed by atoms with Crippen LogP contribution in [0.25, 0.3) is 0 Å². The van der Waals surface area contributed by atoms with Crippen molar-refractivity contribution in [3.05, 3.63) is 36.4 Å². The highest BCUT2D eigenvalue weighted by molar-refractivity contribution is 7.85. The van der Waals surface area contributed by atoms with Gasteiger partial charge in [0.1, 0.15) is 5.75 Å². The van der Waals surface area contributed by atoms with Gasteiger partial charge in [-0.05, 0) is 43.5 Å². The van der Waals surface area contributed by atoms with E-state index in [4.69, 9.17) is 9.29 Å². The zero-order chi connectivity index (χ0) is 27.0. The van der Waals surface area contributed by atoms with Crippen LogP contribution in [-0.2, 0) is 14.9 Å². The van der Waals surface area contributed by atoms with E-state index in [0.29, 0.717) is 6.42 Å². The normalized spacial score (nSPS) is 11.8. The lowest BCUT2D eigenvalue weighted by Gasteiger charge is -2.04. The van der Waals surface area contributed by atoms with E-state index in [2.05, 4.69) is 13.0 Å². The number of allylic oxidation sites excluding steroid dienone is 2. The summed E-state index contributed by atoms with van der Waals surface area (Å²) in [7, 11) is -4.24. The van der Waals surface area contributed by atoms with Gasteiger partial charge >= 0.3 is 5.97 Å². The number of unbranched alkanes of at least 4 members (excludes halogenated alkanes) is 18. The standard InChI is InChI=1S/C31H52O5S/c1-2-3-4-5-6-7-8-9-10-11-12-13-14-15-16-17-18-19-20-21-22-23-24-31(32)36-29-25-27-30(28-26-29)37(33,34)35/h21-22,25-28H,2-20,23-24H2,1H3,(H,33,34,35).